The minimum atomic E-state index is 1.14. The summed E-state index contributed by atoms with van der Waals surface area (Å²) in [6, 6.07) is 4.21. The molecule has 0 aliphatic rings. The van der Waals surface area contributed by atoms with Gasteiger partial charge in [-0.1, -0.05) is 6.92 Å². The summed E-state index contributed by atoms with van der Waals surface area (Å²) >= 11 is 1.82. The Balaban J connectivity index is 2.58. The second-order valence-electron chi connectivity index (χ2n) is 2.56. The fourth-order valence-electron chi connectivity index (χ4n) is 0.847. The molecule has 0 aliphatic heterocycles. The van der Waals surface area contributed by atoms with Gasteiger partial charge in [0.1, 0.15) is 7.05 Å². The Labute approximate surface area is 78.1 Å². The Morgan fingerprint density at radius 2 is 2.08 bits per heavy atom. The zero-order valence-electron chi connectivity index (χ0n) is 7.53. The molecule has 0 saturated carbocycles. The first-order chi connectivity index (χ1) is 5.83. The largest absolute Gasteiger partial charge is 0.208 e. The molecule has 0 radical (unpaired) electrons. The van der Waals surface area contributed by atoms with Crippen molar-refractivity contribution in [2.24, 2.45) is 7.05 Å². The zero-order valence-corrected chi connectivity index (χ0v) is 8.34. The molecule has 64 valence electrons. The van der Waals surface area contributed by atoms with Crippen molar-refractivity contribution < 1.29 is 4.57 Å². The molecule has 0 bridgehead atoms. The maximum atomic E-state index is 2.15. The van der Waals surface area contributed by atoms with Crippen molar-refractivity contribution in [1.29, 1.82) is 0 Å². The molecule has 1 rings (SSSR count). The summed E-state index contributed by atoms with van der Waals surface area (Å²) in [7, 11) is 2.02. The number of rotatable bonds is 3. The van der Waals surface area contributed by atoms with Crippen LogP contribution in [0.4, 0.5) is 0 Å². The third-order valence-corrected chi connectivity index (χ3v) is 2.19. The van der Waals surface area contributed by atoms with Gasteiger partial charge in [-0.15, -0.1) is 11.8 Å². The SMILES string of the molecule is CCS/C=C/c1cc[n+](C)cc1. The van der Waals surface area contributed by atoms with Crippen LogP contribution in [0.25, 0.3) is 6.08 Å². The van der Waals surface area contributed by atoms with E-state index in [1.807, 2.05) is 23.4 Å². The molecule has 0 aromatic carbocycles. The lowest BCUT2D eigenvalue weighted by Crippen LogP contribution is -2.25. The summed E-state index contributed by atoms with van der Waals surface area (Å²) in [5.74, 6) is 1.14. The van der Waals surface area contributed by atoms with Gasteiger partial charge in [0.2, 0.25) is 0 Å². The number of aromatic nitrogens is 1. The Kier molecular flexibility index (Phi) is 3.88. The lowest BCUT2D eigenvalue weighted by atomic mass is 10.3. The summed E-state index contributed by atoms with van der Waals surface area (Å²) in [6.45, 7) is 2.15. The molecule has 1 heterocycles. The summed E-state index contributed by atoms with van der Waals surface area (Å²) in [6.07, 6.45) is 6.24. The lowest BCUT2D eigenvalue weighted by molar-refractivity contribution is -0.671. The van der Waals surface area contributed by atoms with Crippen LogP contribution in [0.5, 0.6) is 0 Å². The van der Waals surface area contributed by atoms with Crippen molar-refractivity contribution in [2.45, 2.75) is 6.92 Å². The summed E-state index contributed by atoms with van der Waals surface area (Å²) in [5, 5.41) is 2.13. The molecular formula is C10H14NS+. The first kappa shape index (κ1) is 9.33. The number of nitrogens with zero attached hydrogens (tertiary/aromatic N) is 1. The van der Waals surface area contributed by atoms with Crippen molar-refractivity contribution in [3.63, 3.8) is 0 Å². The number of hydrogen-bond acceptors (Lipinski definition) is 1. The molecule has 1 aromatic rings. The number of pyridine rings is 1. The standard InChI is InChI=1S/C10H14NS/c1-3-12-9-6-10-4-7-11(2)8-5-10/h4-9H,3H2,1-2H3/q+1/b9-6+. The Morgan fingerprint density at radius 3 is 2.67 bits per heavy atom. The van der Waals surface area contributed by atoms with Gasteiger partial charge in [-0.2, -0.15) is 0 Å². The van der Waals surface area contributed by atoms with Gasteiger partial charge in [0.25, 0.3) is 0 Å². The van der Waals surface area contributed by atoms with E-state index in [1.54, 1.807) is 0 Å². The van der Waals surface area contributed by atoms with E-state index in [9.17, 15) is 0 Å². The smallest absolute Gasteiger partial charge is 0.169 e. The van der Waals surface area contributed by atoms with Crippen LogP contribution >= 0.6 is 11.8 Å². The maximum Gasteiger partial charge on any atom is 0.169 e. The molecule has 1 aromatic heterocycles. The van der Waals surface area contributed by atoms with E-state index in [4.69, 9.17) is 0 Å². The second kappa shape index (κ2) is 4.99. The van der Waals surface area contributed by atoms with Crippen LogP contribution in [0.15, 0.2) is 29.9 Å². The van der Waals surface area contributed by atoms with E-state index in [0.717, 1.165) is 5.75 Å². The van der Waals surface area contributed by atoms with Gasteiger partial charge in [0.05, 0.1) is 0 Å². The van der Waals surface area contributed by atoms with Crippen molar-refractivity contribution in [3.8, 4) is 0 Å². The van der Waals surface area contributed by atoms with Crippen LogP contribution in [-0.4, -0.2) is 5.75 Å². The molecule has 0 unspecified atom stereocenters. The molecule has 0 fully saturated rings. The van der Waals surface area contributed by atoms with E-state index in [0.29, 0.717) is 0 Å². The molecular weight excluding hydrogens is 166 g/mol. The van der Waals surface area contributed by atoms with Gasteiger partial charge in [0, 0.05) is 12.1 Å². The molecule has 0 saturated heterocycles. The first-order valence-corrected chi connectivity index (χ1v) is 5.11. The van der Waals surface area contributed by atoms with E-state index in [2.05, 4.69) is 42.9 Å². The number of hydrogen-bond donors (Lipinski definition) is 0. The van der Waals surface area contributed by atoms with Crippen LogP contribution in [0.3, 0.4) is 0 Å². The van der Waals surface area contributed by atoms with Crippen LogP contribution in [0.2, 0.25) is 0 Å². The highest BCUT2D eigenvalue weighted by molar-refractivity contribution is 8.02. The highest BCUT2D eigenvalue weighted by Gasteiger charge is 1.89. The van der Waals surface area contributed by atoms with E-state index < -0.39 is 0 Å². The Bertz CT molecular complexity index is 251. The molecule has 1 nitrogen and oxygen atoms in total. The van der Waals surface area contributed by atoms with Crippen LogP contribution < -0.4 is 4.57 Å². The van der Waals surface area contributed by atoms with Crippen molar-refractivity contribution >= 4 is 17.8 Å². The quantitative estimate of drug-likeness (QED) is 0.645. The van der Waals surface area contributed by atoms with E-state index >= 15 is 0 Å². The first-order valence-electron chi connectivity index (χ1n) is 4.06. The summed E-state index contributed by atoms with van der Waals surface area (Å²) < 4.78 is 2.03. The van der Waals surface area contributed by atoms with Gasteiger partial charge in [0.15, 0.2) is 12.4 Å². The van der Waals surface area contributed by atoms with E-state index in [1.165, 1.54) is 5.56 Å². The maximum absolute atomic E-state index is 2.15. The van der Waals surface area contributed by atoms with Crippen LogP contribution in [0, 0.1) is 0 Å². The molecule has 12 heavy (non-hydrogen) atoms. The molecule has 0 amide bonds. The number of thioether (sulfide) groups is 1. The normalized spacial score (nSPS) is 10.8. The fraction of sp³-hybridized carbons (Fsp3) is 0.300. The average molecular weight is 180 g/mol. The number of aryl methyl sites for hydroxylation is 1. The summed E-state index contributed by atoms with van der Waals surface area (Å²) in [4.78, 5) is 0. The lowest BCUT2D eigenvalue weighted by Gasteiger charge is -1.90. The minimum Gasteiger partial charge on any atom is -0.208 e. The molecule has 0 atom stereocenters. The highest BCUT2D eigenvalue weighted by atomic mass is 32.2. The van der Waals surface area contributed by atoms with Gasteiger partial charge in [-0.25, -0.2) is 4.57 Å². The van der Waals surface area contributed by atoms with E-state index in [-0.39, 0.29) is 0 Å². The van der Waals surface area contributed by atoms with Gasteiger partial charge >= 0.3 is 0 Å². The van der Waals surface area contributed by atoms with Gasteiger partial charge < -0.3 is 0 Å². The average Bonchev–Trinajstić information content (AvgIpc) is 2.09. The topological polar surface area (TPSA) is 3.88 Å². The monoisotopic (exact) mass is 180 g/mol. The van der Waals surface area contributed by atoms with Crippen molar-refractivity contribution in [2.75, 3.05) is 5.75 Å². The third kappa shape index (κ3) is 3.09. The van der Waals surface area contributed by atoms with Crippen molar-refractivity contribution in [3.05, 3.63) is 35.5 Å². The van der Waals surface area contributed by atoms with Crippen LogP contribution in [-0.2, 0) is 7.05 Å². The summed E-state index contributed by atoms with van der Waals surface area (Å²) in [5.41, 5.74) is 1.26. The zero-order chi connectivity index (χ0) is 8.81. The Morgan fingerprint density at radius 1 is 1.42 bits per heavy atom. The third-order valence-electron chi connectivity index (χ3n) is 1.53. The predicted octanol–water partition coefficient (Wildman–Crippen LogP) is 2.23. The van der Waals surface area contributed by atoms with Gasteiger partial charge in [-0.3, -0.25) is 0 Å². The molecule has 0 aliphatic carbocycles. The molecule has 0 N–H and O–H groups in total. The molecule has 0 spiro atoms. The van der Waals surface area contributed by atoms with Crippen LogP contribution in [0.1, 0.15) is 12.5 Å². The van der Waals surface area contributed by atoms with Crippen molar-refractivity contribution in [1.82, 2.24) is 0 Å². The Hall–Kier alpha value is -0.760. The fourth-order valence-corrected chi connectivity index (χ4v) is 1.29. The predicted molar refractivity (Wildman–Crippen MR) is 54.8 cm³/mol. The minimum absolute atomic E-state index is 1.14. The molecule has 2 heteroatoms. The second-order valence-corrected chi connectivity index (χ2v) is 3.74. The highest BCUT2D eigenvalue weighted by Crippen LogP contribution is 2.05. The van der Waals surface area contributed by atoms with Gasteiger partial charge in [-0.05, 0) is 22.8 Å².